The van der Waals surface area contributed by atoms with E-state index in [1.807, 2.05) is 6.92 Å². The average molecular weight is 152 g/mol. The van der Waals surface area contributed by atoms with Gasteiger partial charge in [-0.15, -0.1) is 0 Å². The summed E-state index contributed by atoms with van der Waals surface area (Å²) in [6.07, 6.45) is -1.71. The van der Waals surface area contributed by atoms with Gasteiger partial charge >= 0.3 is 6.16 Å². The molecule has 0 saturated heterocycles. The third-order valence-electron chi connectivity index (χ3n) is 0.682. The second-order valence-corrected chi connectivity index (χ2v) is 1.53. The average Bonchev–Trinajstić information content (AvgIpc) is 1.85. The van der Waals surface area contributed by atoms with Crippen LogP contribution < -0.4 is 0 Å². The Balaban J connectivity index is 0. The van der Waals surface area contributed by atoms with Crippen LogP contribution in [0.2, 0.25) is 0 Å². The van der Waals surface area contributed by atoms with E-state index in [0.29, 0.717) is 6.42 Å². The second kappa shape index (κ2) is 8.19. The van der Waals surface area contributed by atoms with Gasteiger partial charge in [-0.1, -0.05) is 6.92 Å². The van der Waals surface area contributed by atoms with Crippen molar-refractivity contribution in [1.29, 1.82) is 0 Å². The van der Waals surface area contributed by atoms with E-state index in [1.165, 1.54) is 0 Å². The van der Waals surface area contributed by atoms with Gasteiger partial charge in [0.1, 0.15) is 0 Å². The number of carbonyl (C=O) groups is 1. The molecule has 0 aromatic carbocycles. The molecule has 1 atom stereocenters. The predicted molar refractivity (Wildman–Crippen MR) is 34.0 cm³/mol. The zero-order valence-corrected chi connectivity index (χ0v) is 5.69. The lowest BCUT2D eigenvalue weighted by molar-refractivity contribution is 0.0923. The summed E-state index contributed by atoms with van der Waals surface area (Å²) in [6.45, 7) is 1.71. The van der Waals surface area contributed by atoms with E-state index < -0.39 is 12.3 Å². The van der Waals surface area contributed by atoms with E-state index in [1.54, 1.807) is 0 Å². The molecule has 0 saturated carbocycles. The Hall–Kier alpha value is -0.810. The monoisotopic (exact) mass is 152 g/mol. The van der Waals surface area contributed by atoms with Crippen molar-refractivity contribution in [3.8, 4) is 0 Å². The molecule has 0 aromatic rings. The molecule has 0 heterocycles. The summed E-state index contributed by atoms with van der Waals surface area (Å²) in [5, 5.41) is 30.4. The quantitative estimate of drug-likeness (QED) is 0.445. The molecular formula is C5H12O5. The molecule has 4 N–H and O–H groups in total. The van der Waals surface area contributed by atoms with Crippen molar-refractivity contribution in [2.24, 2.45) is 0 Å². The molecule has 0 fully saturated rings. The van der Waals surface area contributed by atoms with Crippen molar-refractivity contribution in [3.63, 3.8) is 0 Å². The lowest BCUT2D eigenvalue weighted by Gasteiger charge is -1.97. The number of rotatable bonds is 2. The van der Waals surface area contributed by atoms with Crippen molar-refractivity contribution in [2.45, 2.75) is 19.4 Å². The molecule has 10 heavy (non-hydrogen) atoms. The first-order valence-corrected chi connectivity index (χ1v) is 2.75. The number of hydrogen-bond donors (Lipinski definition) is 4. The molecule has 62 valence electrons. The molecular weight excluding hydrogens is 140 g/mol. The number of aliphatic hydroxyl groups excluding tert-OH is 2. The van der Waals surface area contributed by atoms with Gasteiger partial charge in [-0.25, -0.2) is 4.79 Å². The fraction of sp³-hybridized carbons (Fsp3) is 0.800. The van der Waals surface area contributed by atoms with Crippen LogP contribution in [0.15, 0.2) is 0 Å². The molecule has 0 aliphatic rings. The van der Waals surface area contributed by atoms with Crippen LogP contribution in [0.4, 0.5) is 4.79 Å². The van der Waals surface area contributed by atoms with Crippen LogP contribution in [0.5, 0.6) is 0 Å². The first-order chi connectivity index (χ1) is 4.54. The van der Waals surface area contributed by atoms with Crippen LogP contribution >= 0.6 is 0 Å². The molecule has 0 radical (unpaired) electrons. The minimum atomic E-state index is -1.83. The Labute approximate surface area is 58.5 Å². The smallest absolute Gasteiger partial charge is 0.450 e. The maximum Gasteiger partial charge on any atom is 0.503 e. The third-order valence-corrected chi connectivity index (χ3v) is 0.682. The zero-order valence-electron chi connectivity index (χ0n) is 5.69. The van der Waals surface area contributed by atoms with Crippen LogP contribution in [-0.4, -0.2) is 39.3 Å². The molecule has 0 rings (SSSR count). The first-order valence-electron chi connectivity index (χ1n) is 2.75. The van der Waals surface area contributed by atoms with Crippen molar-refractivity contribution in [3.05, 3.63) is 0 Å². The summed E-state index contributed by atoms with van der Waals surface area (Å²) in [4.78, 5) is 8.56. The fourth-order valence-electron chi connectivity index (χ4n) is 0.129. The van der Waals surface area contributed by atoms with Gasteiger partial charge in [0.25, 0.3) is 0 Å². The highest BCUT2D eigenvalue weighted by Gasteiger charge is 1.92. The molecule has 0 amide bonds. The van der Waals surface area contributed by atoms with E-state index in [0.717, 1.165) is 0 Å². The largest absolute Gasteiger partial charge is 0.503 e. The van der Waals surface area contributed by atoms with E-state index in [4.69, 9.17) is 25.2 Å². The minimum Gasteiger partial charge on any atom is -0.450 e. The van der Waals surface area contributed by atoms with Gasteiger partial charge in [-0.2, -0.15) is 0 Å². The fourth-order valence-corrected chi connectivity index (χ4v) is 0.129. The van der Waals surface area contributed by atoms with Gasteiger partial charge < -0.3 is 20.4 Å². The maximum absolute atomic E-state index is 8.56. The Morgan fingerprint density at radius 2 is 1.80 bits per heavy atom. The minimum absolute atomic E-state index is 0.115. The van der Waals surface area contributed by atoms with Crippen molar-refractivity contribution in [1.82, 2.24) is 0 Å². The van der Waals surface area contributed by atoms with Crippen molar-refractivity contribution in [2.75, 3.05) is 6.61 Å². The van der Waals surface area contributed by atoms with Gasteiger partial charge in [0.2, 0.25) is 0 Å². The molecule has 5 nitrogen and oxygen atoms in total. The Kier molecular flexibility index (Phi) is 9.77. The molecule has 0 aromatic heterocycles. The molecule has 5 heteroatoms. The van der Waals surface area contributed by atoms with Gasteiger partial charge in [-0.05, 0) is 6.42 Å². The summed E-state index contributed by atoms with van der Waals surface area (Å²) < 4.78 is 0. The van der Waals surface area contributed by atoms with E-state index in [-0.39, 0.29) is 6.61 Å². The first kappa shape index (κ1) is 11.9. The lowest BCUT2D eigenvalue weighted by Crippen LogP contribution is -2.08. The predicted octanol–water partition coefficient (Wildman–Crippen LogP) is -0.0280. The van der Waals surface area contributed by atoms with Crippen molar-refractivity contribution >= 4 is 6.16 Å². The summed E-state index contributed by atoms with van der Waals surface area (Å²) in [7, 11) is 0. The molecule has 0 aliphatic carbocycles. The Bertz CT molecular complexity index is 74.1. The summed E-state index contributed by atoms with van der Waals surface area (Å²) in [6, 6.07) is 0. The van der Waals surface area contributed by atoms with Crippen LogP contribution in [0.3, 0.4) is 0 Å². The normalized spacial score (nSPS) is 11.1. The van der Waals surface area contributed by atoms with Crippen LogP contribution in [0, 0.1) is 0 Å². The van der Waals surface area contributed by atoms with Gasteiger partial charge in [-0.3, -0.25) is 0 Å². The van der Waals surface area contributed by atoms with E-state index in [9.17, 15) is 0 Å². The van der Waals surface area contributed by atoms with E-state index in [2.05, 4.69) is 0 Å². The molecule has 0 bridgehead atoms. The number of hydrogen-bond acceptors (Lipinski definition) is 3. The van der Waals surface area contributed by atoms with Crippen LogP contribution in [-0.2, 0) is 0 Å². The highest BCUT2D eigenvalue weighted by molar-refractivity contribution is 5.53. The Morgan fingerprint density at radius 1 is 1.50 bits per heavy atom. The van der Waals surface area contributed by atoms with Gasteiger partial charge in [0.05, 0.1) is 12.7 Å². The topological polar surface area (TPSA) is 98.0 Å². The van der Waals surface area contributed by atoms with E-state index >= 15 is 0 Å². The molecule has 0 spiro atoms. The molecule has 1 unspecified atom stereocenters. The maximum atomic E-state index is 8.56. The van der Waals surface area contributed by atoms with Gasteiger partial charge in [0, 0.05) is 0 Å². The highest BCUT2D eigenvalue weighted by atomic mass is 16.6. The summed E-state index contributed by atoms with van der Waals surface area (Å²) in [5.74, 6) is 0. The highest BCUT2D eigenvalue weighted by Crippen LogP contribution is 1.83. The number of carboxylic acid groups (broad SMARTS) is 2. The lowest BCUT2D eigenvalue weighted by atomic mass is 10.3. The van der Waals surface area contributed by atoms with Crippen LogP contribution in [0.1, 0.15) is 13.3 Å². The molecule has 0 aliphatic heterocycles. The third kappa shape index (κ3) is 27.1. The van der Waals surface area contributed by atoms with Crippen molar-refractivity contribution < 1.29 is 25.2 Å². The standard InChI is InChI=1S/C4H10O2.CH2O3/c1-2-4(6)3-5;2-1(3)4/h4-6H,2-3H2,1H3;(H2,2,3,4). The second-order valence-electron chi connectivity index (χ2n) is 1.53. The summed E-state index contributed by atoms with van der Waals surface area (Å²) >= 11 is 0. The summed E-state index contributed by atoms with van der Waals surface area (Å²) in [5.41, 5.74) is 0. The zero-order chi connectivity index (χ0) is 8.57. The number of aliphatic hydroxyl groups is 2. The Morgan fingerprint density at radius 3 is 1.80 bits per heavy atom. The van der Waals surface area contributed by atoms with Gasteiger partial charge in [0.15, 0.2) is 0 Å². The SMILES string of the molecule is CCC(O)CO.O=C(O)O. The van der Waals surface area contributed by atoms with Crippen LogP contribution in [0.25, 0.3) is 0 Å².